The minimum atomic E-state index is 0.0448. The van der Waals surface area contributed by atoms with Gasteiger partial charge in [0.25, 0.3) is 0 Å². The molecule has 0 N–H and O–H groups in total. The van der Waals surface area contributed by atoms with Crippen LogP contribution in [-0.4, -0.2) is 53.0 Å². The second kappa shape index (κ2) is 6.42. The highest BCUT2D eigenvalue weighted by Crippen LogP contribution is 2.24. The lowest BCUT2D eigenvalue weighted by atomic mass is 9.87. The summed E-state index contributed by atoms with van der Waals surface area (Å²) in [6, 6.07) is 3.94. The van der Waals surface area contributed by atoms with Gasteiger partial charge in [0.15, 0.2) is 5.82 Å². The number of aryl methyl sites for hydroxylation is 1. The number of rotatable bonds is 2. The van der Waals surface area contributed by atoms with Gasteiger partial charge in [-0.3, -0.25) is 9.59 Å². The number of ketones is 1. The Hall–Kier alpha value is -1.98. The molecule has 2 fully saturated rings. The number of hydrogen-bond donors (Lipinski definition) is 0. The highest BCUT2D eigenvalue weighted by atomic mass is 16.2. The first-order chi connectivity index (χ1) is 10.6. The van der Waals surface area contributed by atoms with Crippen LogP contribution in [0.5, 0.6) is 0 Å². The standard InChI is InChI=1S/C16H22N4O2/c1-12-2-7-15(18-17-12)19-8-10-20(11-9-19)16(22)13-3-5-14(21)6-4-13/h2,7,13H,3-6,8-11H2,1H3. The Morgan fingerprint density at radius 2 is 1.77 bits per heavy atom. The number of carbonyl (C=O) groups excluding carboxylic acids is 2. The van der Waals surface area contributed by atoms with Crippen LogP contribution in [0.25, 0.3) is 0 Å². The average molecular weight is 302 g/mol. The summed E-state index contributed by atoms with van der Waals surface area (Å²) in [6.07, 6.45) is 2.58. The largest absolute Gasteiger partial charge is 0.352 e. The molecule has 1 saturated heterocycles. The molecule has 0 aromatic carbocycles. The highest BCUT2D eigenvalue weighted by Gasteiger charge is 2.30. The number of piperazine rings is 1. The van der Waals surface area contributed by atoms with Gasteiger partial charge in [0.2, 0.25) is 5.91 Å². The van der Waals surface area contributed by atoms with E-state index in [9.17, 15) is 9.59 Å². The van der Waals surface area contributed by atoms with Gasteiger partial charge in [-0.2, -0.15) is 5.10 Å². The molecule has 0 unspecified atom stereocenters. The molecule has 2 heterocycles. The summed E-state index contributed by atoms with van der Waals surface area (Å²) in [5, 5.41) is 8.29. The first kappa shape index (κ1) is 14.9. The molecule has 3 rings (SSSR count). The maximum Gasteiger partial charge on any atom is 0.225 e. The third kappa shape index (κ3) is 3.26. The van der Waals surface area contributed by atoms with Gasteiger partial charge < -0.3 is 9.80 Å². The van der Waals surface area contributed by atoms with E-state index in [-0.39, 0.29) is 11.8 Å². The Morgan fingerprint density at radius 3 is 2.36 bits per heavy atom. The topological polar surface area (TPSA) is 66.4 Å². The third-order valence-electron chi connectivity index (χ3n) is 4.59. The third-order valence-corrected chi connectivity index (χ3v) is 4.59. The van der Waals surface area contributed by atoms with E-state index in [1.165, 1.54) is 0 Å². The second-order valence-electron chi connectivity index (χ2n) is 6.16. The molecular formula is C16H22N4O2. The van der Waals surface area contributed by atoms with Crippen molar-refractivity contribution < 1.29 is 9.59 Å². The van der Waals surface area contributed by atoms with Gasteiger partial charge in [0, 0.05) is 44.9 Å². The van der Waals surface area contributed by atoms with E-state index in [2.05, 4.69) is 15.1 Å². The van der Waals surface area contributed by atoms with E-state index in [1.807, 2.05) is 24.0 Å². The van der Waals surface area contributed by atoms with Gasteiger partial charge in [0.05, 0.1) is 5.69 Å². The number of hydrogen-bond acceptors (Lipinski definition) is 5. The lowest BCUT2D eigenvalue weighted by Crippen LogP contribution is -2.51. The van der Waals surface area contributed by atoms with Crippen molar-refractivity contribution in [1.82, 2.24) is 15.1 Å². The summed E-state index contributed by atoms with van der Waals surface area (Å²) in [7, 11) is 0. The number of carbonyl (C=O) groups is 2. The maximum absolute atomic E-state index is 12.5. The molecule has 1 amide bonds. The van der Waals surface area contributed by atoms with Crippen LogP contribution >= 0.6 is 0 Å². The minimum absolute atomic E-state index is 0.0448. The van der Waals surface area contributed by atoms with Gasteiger partial charge in [-0.25, -0.2) is 0 Å². The predicted octanol–water partition coefficient (Wildman–Crippen LogP) is 1.19. The fourth-order valence-corrected chi connectivity index (χ4v) is 3.16. The molecule has 1 aromatic heterocycles. The molecule has 0 atom stereocenters. The molecule has 1 aliphatic carbocycles. The molecule has 1 saturated carbocycles. The molecule has 22 heavy (non-hydrogen) atoms. The van der Waals surface area contributed by atoms with Crippen molar-refractivity contribution in [3.63, 3.8) is 0 Å². The molecule has 6 nitrogen and oxygen atoms in total. The molecule has 0 radical (unpaired) electrons. The quantitative estimate of drug-likeness (QED) is 0.821. The van der Waals surface area contributed by atoms with Gasteiger partial charge in [0.1, 0.15) is 5.78 Å². The molecule has 118 valence electrons. The number of aromatic nitrogens is 2. The van der Waals surface area contributed by atoms with Gasteiger partial charge >= 0.3 is 0 Å². The summed E-state index contributed by atoms with van der Waals surface area (Å²) < 4.78 is 0. The average Bonchev–Trinajstić information content (AvgIpc) is 2.56. The van der Waals surface area contributed by atoms with Crippen LogP contribution in [0.4, 0.5) is 5.82 Å². The number of amides is 1. The van der Waals surface area contributed by atoms with Crippen LogP contribution < -0.4 is 4.90 Å². The molecule has 0 bridgehead atoms. The van der Waals surface area contributed by atoms with E-state index in [4.69, 9.17) is 0 Å². The molecule has 1 aliphatic heterocycles. The van der Waals surface area contributed by atoms with Crippen LogP contribution in [0, 0.1) is 12.8 Å². The minimum Gasteiger partial charge on any atom is -0.352 e. The summed E-state index contributed by atoms with van der Waals surface area (Å²) in [4.78, 5) is 27.9. The molecule has 2 aliphatic rings. The number of Topliss-reactive ketones (excluding diaryl/α,β-unsaturated/α-hetero) is 1. The second-order valence-corrected chi connectivity index (χ2v) is 6.16. The van der Waals surface area contributed by atoms with Crippen molar-refractivity contribution in [2.24, 2.45) is 5.92 Å². The van der Waals surface area contributed by atoms with Crippen molar-refractivity contribution >= 4 is 17.5 Å². The summed E-state index contributed by atoms with van der Waals surface area (Å²) in [5.41, 5.74) is 0.907. The Balaban J connectivity index is 1.54. The maximum atomic E-state index is 12.5. The zero-order valence-electron chi connectivity index (χ0n) is 13.0. The molecule has 0 spiro atoms. The van der Waals surface area contributed by atoms with Crippen molar-refractivity contribution in [1.29, 1.82) is 0 Å². The number of anilines is 1. The number of nitrogens with zero attached hydrogens (tertiary/aromatic N) is 4. The Labute approximate surface area is 130 Å². The fourth-order valence-electron chi connectivity index (χ4n) is 3.16. The van der Waals surface area contributed by atoms with Crippen molar-refractivity contribution in [2.75, 3.05) is 31.1 Å². The molecule has 6 heteroatoms. The highest BCUT2D eigenvalue weighted by molar-refractivity contribution is 5.84. The monoisotopic (exact) mass is 302 g/mol. The predicted molar refractivity (Wildman–Crippen MR) is 82.5 cm³/mol. The SMILES string of the molecule is Cc1ccc(N2CCN(C(=O)C3CCC(=O)CC3)CC2)nn1. The van der Waals surface area contributed by atoms with Crippen molar-refractivity contribution in [2.45, 2.75) is 32.6 Å². The Kier molecular flexibility index (Phi) is 4.36. The molecule has 1 aromatic rings. The zero-order chi connectivity index (χ0) is 15.5. The van der Waals surface area contributed by atoms with E-state index in [0.717, 1.165) is 50.5 Å². The normalized spacial score (nSPS) is 20.3. The van der Waals surface area contributed by atoms with Crippen LogP contribution in [0.1, 0.15) is 31.4 Å². The smallest absolute Gasteiger partial charge is 0.225 e. The summed E-state index contributed by atoms with van der Waals surface area (Å²) in [6.45, 7) is 4.93. The van der Waals surface area contributed by atoms with E-state index in [0.29, 0.717) is 18.6 Å². The van der Waals surface area contributed by atoms with Crippen LogP contribution in [-0.2, 0) is 9.59 Å². The van der Waals surface area contributed by atoms with Crippen molar-refractivity contribution in [3.8, 4) is 0 Å². The summed E-state index contributed by atoms with van der Waals surface area (Å²) >= 11 is 0. The lowest BCUT2D eigenvalue weighted by Gasteiger charge is -2.37. The van der Waals surface area contributed by atoms with Crippen LogP contribution in [0.15, 0.2) is 12.1 Å². The first-order valence-electron chi connectivity index (χ1n) is 7.99. The first-order valence-corrected chi connectivity index (χ1v) is 7.99. The van der Waals surface area contributed by atoms with Crippen LogP contribution in [0.3, 0.4) is 0 Å². The Morgan fingerprint density at radius 1 is 1.09 bits per heavy atom. The van der Waals surface area contributed by atoms with Gasteiger partial charge in [-0.1, -0.05) is 0 Å². The van der Waals surface area contributed by atoms with Crippen molar-refractivity contribution in [3.05, 3.63) is 17.8 Å². The summed E-state index contributed by atoms with van der Waals surface area (Å²) in [5.74, 6) is 1.44. The van der Waals surface area contributed by atoms with Gasteiger partial charge in [-0.15, -0.1) is 5.10 Å². The zero-order valence-corrected chi connectivity index (χ0v) is 13.0. The van der Waals surface area contributed by atoms with Crippen LogP contribution in [0.2, 0.25) is 0 Å². The fraction of sp³-hybridized carbons (Fsp3) is 0.625. The van der Waals surface area contributed by atoms with E-state index >= 15 is 0 Å². The molecular weight excluding hydrogens is 280 g/mol. The Bertz CT molecular complexity index is 540. The lowest BCUT2D eigenvalue weighted by molar-refractivity contribution is -0.137. The van der Waals surface area contributed by atoms with Gasteiger partial charge in [-0.05, 0) is 31.9 Å². The van der Waals surface area contributed by atoms with E-state index < -0.39 is 0 Å². The van der Waals surface area contributed by atoms with E-state index in [1.54, 1.807) is 0 Å².